The van der Waals surface area contributed by atoms with Gasteiger partial charge in [0.1, 0.15) is 5.82 Å². The molecule has 0 saturated carbocycles. The fourth-order valence-corrected chi connectivity index (χ4v) is 4.88. The molecule has 2 aliphatic heterocycles. The van der Waals surface area contributed by atoms with Gasteiger partial charge in [0.25, 0.3) is 11.5 Å². The fraction of sp³-hybridized carbons (Fsp3) is 0.400. The van der Waals surface area contributed by atoms with Gasteiger partial charge in [-0.3, -0.25) is 9.59 Å². The van der Waals surface area contributed by atoms with Crippen molar-refractivity contribution in [3.63, 3.8) is 0 Å². The standard InChI is InChI=1S/C20H21N5O2S/c1-12-21-17-3-2-14(6-18(17)22-12)20(27)24-8-13(9-24)10-25-19(26)7-15-11-28-5-4-16(15)23-25/h2-3,6-7,13H,4-5,8-11H2,1H3,(H,21,22). The third kappa shape index (κ3) is 3.11. The van der Waals surface area contributed by atoms with Crippen LogP contribution in [0.2, 0.25) is 0 Å². The molecule has 0 atom stereocenters. The zero-order valence-electron chi connectivity index (χ0n) is 15.6. The molecule has 1 amide bonds. The second kappa shape index (κ2) is 6.77. The Bertz CT molecular complexity index is 1130. The van der Waals surface area contributed by atoms with Crippen LogP contribution in [0, 0.1) is 12.8 Å². The van der Waals surface area contributed by atoms with Crippen molar-refractivity contribution in [3.8, 4) is 0 Å². The molecule has 2 aliphatic rings. The Kier molecular flexibility index (Phi) is 4.23. The predicted octanol–water partition coefficient (Wildman–Crippen LogP) is 1.99. The van der Waals surface area contributed by atoms with Crippen LogP contribution in [0.25, 0.3) is 11.0 Å². The number of likely N-dealkylation sites (tertiary alicyclic amines) is 1. The number of fused-ring (bicyclic) bond motifs is 2. The Morgan fingerprint density at radius 1 is 1.32 bits per heavy atom. The van der Waals surface area contributed by atoms with Gasteiger partial charge in [0.15, 0.2) is 0 Å². The number of benzene rings is 1. The molecular formula is C20H21N5O2S. The zero-order valence-corrected chi connectivity index (χ0v) is 16.5. The van der Waals surface area contributed by atoms with Crippen LogP contribution < -0.4 is 5.56 Å². The number of hydrogen-bond donors (Lipinski definition) is 1. The first-order valence-electron chi connectivity index (χ1n) is 9.50. The summed E-state index contributed by atoms with van der Waals surface area (Å²) in [6, 6.07) is 7.29. The van der Waals surface area contributed by atoms with Crippen molar-refractivity contribution in [1.82, 2.24) is 24.6 Å². The minimum atomic E-state index is -0.0360. The lowest BCUT2D eigenvalue weighted by molar-refractivity contribution is 0.0458. The Morgan fingerprint density at radius 2 is 2.18 bits per heavy atom. The second-order valence-electron chi connectivity index (χ2n) is 7.57. The minimum Gasteiger partial charge on any atom is -0.342 e. The van der Waals surface area contributed by atoms with Crippen LogP contribution in [-0.4, -0.2) is 49.4 Å². The predicted molar refractivity (Wildman–Crippen MR) is 109 cm³/mol. The van der Waals surface area contributed by atoms with E-state index in [1.807, 2.05) is 41.8 Å². The van der Waals surface area contributed by atoms with Crippen molar-refractivity contribution < 1.29 is 4.79 Å². The molecule has 1 saturated heterocycles. The molecular weight excluding hydrogens is 374 g/mol. The smallest absolute Gasteiger partial charge is 0.267 e. The van der Waals surface area contributed by atoms with Crippen LogP contribution in [0.5, 0.6) is 0 Å². The number of rotatable bonds is 3. The number of H-pyrrole nitrogens is 1. The molecule has 5 rings (SSSR count). The highest BCUT2D eigenvalue weighted by Crippen LogP contribution is 2.23. The third-order valence-corrected chi connectivity index (χ3v) is 6.44. The molecule has 2 aromatic heterocycles. The van der Waals surface area contributed by atoms with E-state index in [9.17, 15) is 9.59 Å². The molecule has 0 spiro atoms. The van der Waals surface area contributed by atoms with Gasteiger partial charge >= 0.3 is 0 Å². The lowest BCUT2D eigenvalue weighted by Gasteiger charge is -2.39. The van der Waals surface area contributed by atoms with Gasteiger partial charge in [-0.15, -0.1) is 0 Å². The first-order chi connectivity index (χ1) is 13.6. The van der Waals surface area contributed by atoms with E-state index in [-0.39, 0.29) is 17.4 Å². The number of aryl methyl sites for hydroxylation is 2. The van der Waals surface area contributed by atoms with Gasteiger partial charge in [0.2, 0.25) is 0 Å². The van der Waals surface area contributed by atoms with Gasteiger partial charge in [0, 0.05) is 42.8 Å². The van der Waals surface area contributed by atoms with E-state index >= 15 is 0 Å². The molecule has 0 aliphatic carbocycles. The maximum absolute atomic E-state index is 12.7. The van der Waals surface area contributed by atoms with Crippen molar-refractivity contribution >= 4 is 28.7 Å². The summed E-state index contributed by atoms with van der Waals surface area (Å²) in [6.07, 6.45) is 0.922. The quantitative estimate of drug-likeness (QED) is 0.733. The Morgan fingerprint density at radius 3 is 3.04 bits per heavy atom. The first kappa shape index (κ1) is 17.5. The van der Waals surface area contributed by atoms with Crippen molar-refractivity contribution in [2.45, 2.75) is 25.6 Å². The van der Waals surface area contributed by atoms with E-state index in [2.05, 4.69) is 15.1 Å². The molecule has 3 aromatic rings. The number of aromatic nitrogens is 4. The van der Waals surface area contributed by atoms with E-state index in [1.54, 1.807) is 10.7 Å². The monoisotopic (exact) mass is 395 g/mol. The van der Waals surface area contributed by atoms with E-state index in [1.165, 1.54) is 0 Å². The normalized spacial score (nSPS) is 16.8. The van der Waals surface area contributed by atoms with E-state index in [0.29, 0.717) is 25.2 Å². The van der Waals surface area contributed by atoms with Gasteiger partial charge < -0.3 is 9.88 Å². The SMILES string of the molecule is Cc1nc2ccc(C(=O)N3CC(Cn4nc5c(cc4=O)CSCC5)C3)cc2[nH]1. The lowest BCUT2D eigenvalue weighted by Crippen LogP contribution is -2.52. The summed E-state index contributed by atoms with van der Waals surface area (Å²) in [7, 11) is 0. The number of aromatic amines is 1. The van der Waals surface area contributed by atoms with Crippen LogP contribution in [0.4, 0.5) is 0 Å². The number of carbonyl (C=O) groups excluding carboxylic acids is 1. The first-order valence-corrected chi connectivity index (χ1v) is 10.7. The molecule has 1 aromatic carbocycles. The number of hydrogen-bond acceptors (Lipinski definition) is 5. The summed E-state index contributed by atoms with van der Waals surface area (Å²) in [5.74, 6) is 3.07. The maximum Gasteiger partial charge on any atom is 0.267 e. The third-order valence-electron chi connectivity index (χ3n) is 5.43. The molecule has 28 heavy (non-hydrogen) atoms. The molecule has 0 bridgehead atoms. The molecule has 4 heterocycles. The average Bonchev–Trinajstić information content (AvgIpc) is 3.03. The highest BCUT2D eigenvalue weighted by atomic mass is 32.2. The highest BCUT2D eigenvalue weighted by Gasteiger charge is 2.32. The van der Waals surface area contributed by atoms with Crippen LogP contribution in [-0.2, 0) is 18.7 Å². The minimum absolute atomic E-state index is 0.0215. The molecule has 0 unspecified atom stereocenters. The van der Waals surface area contributed by atoms with Crippen LogP contribution in [0.3, 0.4) is 0 Å². The van der Waals surface area contributed by atoms with Crippen molar-refractivity contribution in [1.29, 1.82) is 0 Å². The lowest BCUT2D eigenvalue weighted by atomic mass is 9.98. The van der Waals surface area contributed by atoms with Crippen LogP contribution >= 0.6 is 11.8 Å². The zero-order chi connectivity index (χ0) is 19.3. The summed E-state index contributed by atoms with van der Waals surface area (Å²) >= 11 is 1.85. The molecule has 144 valence electrons. The van der Waals surface area contributed by atoms with Crippen LogP contribution in [0.1, 0.15) is 27.4 Å². The van der Waals surface area contributed by atoms with Crippen LogP contribution in [0.15, 0.2) is 29.1 Å². The van der Waals surface area contributed by atoms with Gasteiger partial charge in [-0.05, 0) is 36.4 Å². The summed E-state index contributed by atoms with van der Waals surface area (Å²) in [5, 5.41) is 4.58. The average molecular weight is 395 g/mol. The largest absolute Gasteiger partial charge is 0.342 e. The summed E-state index contributed by atoms with van der Waals surface area (Å²) in [4.78, 5) is 34.4. The topological polar surface area (TPSA) is 83.9 Å². The molecule has 1 N–H and O–H groups in total. The number of thioether (sulfide) groups is 1. The van der Waals surface area contributed by atoms with Gasteiger partial charge in [-0.1, -0.05) is 0 Å². The number of nitrogens with one attached hydrogen (secondary N) is 1. The van der Waals surface area contributed by atoms with Gasteiger partial charge in [-0.25, -0.2) is 9.67 Å². The number of imidazole rings is 1. The maximum atomic E-state index is 12.7. The summed E-state index contributed by atoms with van der Waals surface area (Å²) < 4.78 is 1.58. The van der Waals surface area contributed by atoms with Crippen molar-refractivity contribution in [2.24, 2.45) is 5.92 Å². The van der Waals surface area contributed by atoms with E-state index in [4.69, 9.17) is 0 Å². The Labute approximate surface area is 166 Å². The highest BCUT2D eigenvalue weighted by molar-refractivity contribution is 7.98. The van der Waals surface area contributed by atoms with E-state index < -0.39 is 0 Å². The molecule has 7 nitrogen and oxygen atoms in total. The Hall–Kier alpha value is -2.61. The van der Waals surface area contributed by atoms with Crippen molar-refractivity contribution in [3.05, 3.63) is 57.3 Å². The fourth-order valence-electron chi connectivity index (χ4n) is 3.93. The van der Waals surface area contributed by atoms with Gasteiger partial charge in [-0.2, -0.15) is 16.9 Å². The number of nitrogens with zero attached hydrogens (tertiary/aromatic N) is 4. The Balaban J connectivity index is 1.25. The summed E-state index contributed by atoms with van der Waals surface area (Å²) in [6.45, 7) is 3.78. The number of amides is 1. The van der Waals surface area contributed by atoms with Gasteiger partial charge in [0.05, 0.1) is 23.3 Å². The molecule has 8 heteroatoms. The van der Waals surface area contributed by atoms with Crippen molar-refractivity contribution in [2.75, 3.05) is 18.8 Å². The molecule has 0 radical (unpaired) electrons. The molecule has 1 fully saturated rings. The second-order valence-corrected chi connectivity index (χ2v) is 8.67. The van der Waals surface area contributed by atoms with E-state index in [0.717, 1.165) is 46.0 Å². The number of carbonyl (C=O) groups is 1. The summed E-state index contributed by atoms with van der Waals surface area (Å²) in [5.41, 5.74) is 4.50.